The number of benzene rings is 1. The van der Waals surface area contributed by atoms with Crippen molar-refractivity contribution in [1.29, 1.82) is 0 Å². The van der Waals surface area contributed by atoms with Crippen LogP contribution in [0.3, 0.4) is 0 Å². The maximum Gasteiger partial charge on any atom is 0.123 e. The van der Waals surface area contributed by atoms with Crippen LogP contribution in [0, 0.1) is 18.3 Å². The molecule has 1 aromatic rings. The largest absolute Gasteiger partial charge is 0.496 e. The molecule has 0 saturated heterocycles. The van der Waals surface area contributed by atoms with Crippen molar-refractivity contribution in [1.82, 2.24) is 5.32 Å². The third kappa shape index (κ3) is 6.09. The van der Waals surface area contributed by atoms with Crippen molar-refractivity contribution in [3.63, 3.8) is 0 Å². The average molecular weight is 291 g/mol. The monoisotopic (exact) mass is 291 g/mol. The fourth-order valence-corrected chi connectivity index (χ4v) is 3.22. The summed E-state index contributed by atoms with van der Waals surface area (Å²) in [5, 5.41) is 3.64. The normalized spacial score (nSPS) is 14.8. The highest BCUT2D eigenvalue weighted by Gasteiger charge is 2.21. The SMILES string of the molecule is CCNC(CC(C)CC(C)(C)C)c1cc(C)ccc1OC. The van der Waals surface area contributed by atoms with Gasteiger partial charge in [0.05, 0.1) is 7.11 Å². The molecule has 0 bridgehead atoms. The zero-order valence-corrected chi connectivity index (χ0v) is 14.9. The minimum atomic E-state index is 0.363. The maximum atomic E-state index is 5.57. The van der Waals surface area contributed by atoms with Crippen LogP contribution in [0.5, 0.6) is 5.75 Å². The zero-order valence-electron chi connectivity index (χ0n) is 14.9. The molecule has 1 rings (SSSR count). The summed E-state index contributed by atoms with van der Waals surface area (Å²) in [7, 11) is 1.76. The van der Waals surface area contributed by atoms with Crippen LogP contribution in [-0.4, -0.2) is 13.7 Å². The van der Waals surface area contributed by atoms with Gasteiger partial charge in [-0.15, -0.1) is 0 Å². The molecule has 0 heterocycles. The molecule has 0 aliphatic carbocycles. The van der Waals surface area contributed by atoms with Crippen LogP contribution < -0.4 is 10.1 Å². The Kier molecular flexibility index (Phi) is 6.73. The van der Waals surface area contributed by atoms with Crippen molar-refractivity contribution in [3.05, 3.63) is 29.3 Å². The van der Waals surface area contributed by atoms with Crippen LogP contribution >= 0.6 is 0 Å². The molecule has 120 valence electrons. The standard InChI is InChI=1S/C19H33NO/c1-8-20-17(12-15(3)13-19(4,5)6)16-11-14(2)9-10-18(16)21-7/h9-11,15,17,20H,8,12-13H2,1-7H3. The van der Waals surface area contributed by atoms with E-state index in [1.54, 1.807) is 7.11 Å². The molecule has 0 aliphatic heterocycles. The number of hydrogen-bond acceptors (Lipinski definition) is 2. The molecule has 0 fully saturated rings. The van der Waals surface area contributed by atoms with E-state index in [-0.39, 0.29) is 0 Å². The van der Waals surface area contributed by atoms with Gasteiger partial charge in [0.2, 0.25) is 0 Å². The molecule has 0 radical (unpaired) electrons. The minimum Gasteiger partial charge on any atom is -0.496 e. The fraction of sp³-hybridized carbons (Fsp3) is 0.684. The molecule has 0 saturated carbocycles. The molecule has 2 nitrogen and oxygen atoms in total. The minimum absolute atomic E-state index is 0.363. The van der Waals surface area contributed by atoms with Crippen LogP contribution in [-0.2, 0) is 0 Å². The van der Waals surface area contributed by atoms with Gasteiger partial charge in [-0.2, -0.15) is 0 Å². The number of ether oxygens (including phenoxy) is 1. The summed E-state index contributed by atoms with van der Waals surface area (Å²) < 4.78 is 5.57. The Bertz CT molecular complexity index is 434. The van der Waals surface area contributed by atoms with E-state index in [1.807, 2.05) is 0 Å². The summed E-state index contributed by atoms with van der Waals surface area (Å²) in [6.45, 7) is 14.6. The molecular weight excluding hydrogens is 258 g/mol. The van der Waals surface area contributed by atoms with Gasteiger partial charge in [-0.25, -0.2) is 0 Å². The van der Waals surface area contributed by atoms with Gasteiger partial charge in [0.25, 0.3) is 0 Å². The summed E-state index contributed by atoms with van der Waals surface area (Å²) in [5.41, 5.74) is 2.96. The molecule has 21 heavy (non-hydrogen) atoms. The lowest BCUT2D eigenvalue weighted by Crippen LogP contribution is -2.25. The van der Waals surface area contributed by atoms with Gasteiger partial charge in [0.1, 0.15) is 5.75 Å². The van der Waals surface area contributed by atoms with E-state index in [4.69, 9.17) is 4.74 Å². The molecule has 1 N–H and O–H groups in total. The first kappa shape index (κ1) is 18.0. The van der Waals surface area contributed by atoms with Crippen LogP contribution in [0.2, 0.25) is 0 Å². The molecule has 2 heteroatoms. The Hall–Kier alpha value is -1.02. The van der Waals surface area contributed by atoms with Crippen molar-refractivity contribution in [2.75, 3.05) is 13.7 Å². The maximum absolute atomic E-state index is 5.57. The first-order valence-electron chi connectivity index (χ1n) is 8.14. The quantitative estimate of drug-likeness (QED) is 0.753. The van der Waals surface area contributed by atoms with Crippen LogP contribution in [0.15, 0.2) is 18.2 Å². The van der Waals surface area contributed by atoms with Crippen molar-refractivity contribution in [2.45, 2.75) is 60.4 Å². The predicted molar refractivity (Wildman–Crippen MR) is 92.0 cm³/mol. The molecule has 0 aromatic heterocycles. The Morgan fingerprint density at radius 3 is 2.43 bits per heavy atom. The number of hydrogen-bond donors (Lipinski definition) is 1. The fourth-order valence-electron chi connectivity index (χ4n) is 3.22. The highest BCUT2D eigenvalue weighted by molar-refractivity contribution is 5.39. The lowest BCUT2D eigenvalue weighted by atomic mass is 9.82. The average Bonchev–Trinajstić information content (AvgIpc) is 2.36. The van der Waals surface area contributed by atoms with Gasteiger partial charge in [-0.3, -0.25) is 0 Å². The lowest BCUT2D eigenvalue weighted by Gasteiger charge is -2.28. The molecule has 2 atom stereocenters. The number of aryl methyl sites for hydroxylation is 1. The first-order valence-corrected chi connectivity index (χ1v) is 8.14. The second-order valence-electron chi connectivity index (χ2n) is 7.46. The Morgan fingerprint density at radius 1 is 1.24 bits per heavy atom. The van der Waals surface area contributed by atoms with Crippen molar-refractivity contribution in [2.24, 2.45) is 11.3 Å². The van der Waals surface area contributed by atoms with Crippen LogP contribution in [0.4, 0.5) is 0 Å². The van der Waals surface area contributed by atoms with E-state index in [9.17, 15) is 0 Å². The number of methoxy groups -OCH3 is 1. The van der Waals surface area contributed by atoms with E-state index in [1.165, 1.54) is 17.5 Å². The molecule has 2 unspecified atom stereocenters. The van der Waals surface area contributed by atoms with Crippen molar-refractivity contribution in [3.8, 4) is 5.75 Å². The van der Waals surface area contributed by atoms with Gasteiger partial charge in [0.15, 0.2) is 0 Å². The summed E-state index contributed by atoms with van der Waals surface area (Å²) in [5.74, 6) is 1.67. The number of rotatable bonds is 7. The molecule has 1 aromatic carbocycles. The van der Waals surface area contributed by atoms with E-state index in [0.717, 1.165) is 18.7 Å². The van der Waals surface area contributed by atoms with E-state index in [2.05, 4.69) is 65.1 Å². The zero-order chi connectivity index (χ0) is 16.0. The summed E-state index contributed by atoms with van der Waals surface area (Å²) in [6, 6.07) is 6.82. The molecule has 0 spiro atoms. The van der Waals surface area contributed by atoms with Gasteiger partial charge in [0, 0.05) is 11.6 Å². The topological polar surface area (TPSA) is 21.3 Å². The van der Waals surface area contributed by atoms with E-state index in [0.29, 0.717) is 17.4 Å². The highest BCUT2D eigenvalue weighted by atomic mass is 16.5. The van der Waals surface area contributed by atoms with Crippen molar-refractivity contribution < 1.29 is 4.74 Å². The smallest absolute Gasteiger partial charge is 0.123 e. The number of nitrogens with one attached hydrogen (secondary N) is 1. The van der Waals surface area contributed by atoms with Crippen LogP contribution in [0.1, 0.15) is 64.6 Å². The molecule has 0 amide bonds. The second-order valence-corrected chi connectivity index (χ2v) is 7.46. The summed E-state index contributed by atoms with van der Waals surface area (Å²) in [6.07, 6.45) is 2.38. The third-order valence-corrected chi connectivity index (χ3v) is 3.81. The predicted octanol–water partition coefficient (Wildman–Crippen LogP) is 5.12. The summed E-state index contributed by atoms with van der Waals surface area (Å²) in [4.78, 5) is 0. The lowest BCUT2D eigenvalue weighted by molar-refractivity contribution is 0.274. The highest BCUT2D eigenvalue weighted by Crippen LogP contribution is 2.34. The Labute approximate surface area is 131 Å². The van der Waals surface area contributed by atoms with Crippen LogP contribution in [0.25, 0.3) is 0 Å². The third-order valence-electron chi connectivity index (χ3n) is 3.81. The van der Waals surface area contributed by atoms with Gasteiger partial charge < -0.3 is 10.1 Å². The van der Waals surface area contributed by atoms with Gasteiger partial charge >= 0.3 is 0 Å². The van der Waals surface area contributed by atoms with Gasteiger partial charge in [-0.1, -0.05) is 52.3 Å². The summed E-state index contributed by atoms with van der Waals surface area (Å²) >= 11 is 0. The first-order chi connectivity index (χ1) is 9.76. The Morgan fingerprint density at radius 2 is 1.90 bits per heavy atom. The Balaban J connectivity index is 2.93. The van der Waals surface area contributed by atoms with Crippen molar-refractivity contribution >= 4 is 0 Å². The van der Waals surface area contributed by atoms with E-state index < -0.39 is 0 Å². The molecule has 0 aliphatic rings. The second kappa shape index (κ2) is 7.84. The molecular formula is C19H33NO. The van der Waals surface area contributed by atoms with E-state index >= 15 is 0 Å². The van der Waals surface area contributed by atoms with Gasteiger partial charge in [-0.05, 0) is 43.7 Å².